The van der Waals surface area contributed by atoms with Gasteiger partial charge in [0.05, 0.1) is 28.7 Å². The zero-order chi connectivity index (χ0) is 33.1. The summed E-state index contributed by atoms with van der Waals surface area (Å²) < 4.78 is 134. The molecular formula is C26H20ClF10N3O3. The van der Waals surface area contributed by atoms with E-state index in [0.717, 1.165) is 19.3 Å². The van der Waals surface area contributed by atoms with Gasteiger partial charge in [-0.25, -0.2) is 17.6 Å². The molecule has 1 fully saturated rings. The zero-order valence-corrected chi connectivity index (χ0v) is 22.9. The third kappa shape index (κ3) is 8.15. The number of ether oxygens (including phenoxy) is 1. The van der Waals surface area contributed by atoms with Gasteiger partial charge in [0, 0.05) is 18.0 Å². The molecule has 1 aliphatic carbocycles. The van der Waals surface area contributed by atoms with E-state index in [9.17, 15) is 53.5 Å². The van der Waals surface area contributed by atoms with Gasteiger partial charge < -0.3 is 10.1 Å². The van der Waals surface area contributed by atoms with Crippen molar-refractivity contribution < 1.29 is 58.2 Å². The minimum Gasteiger partial charge on any atom is -0.460 e. The second kappa shape index (κ2) is 13.2. The minimum absolute atomic E-state index is 0.356. The number of carbonyl (C=O) groups is 2. The first kappa shape index (κ1) is 35.3. The fourth-order valence-electron chi connectivity index (χ4n) is 3.88. The number of pyridine rings is 1. The summed E-state index contributed by atoms with van der Waals surface area (Å²) in [7, 11) is 0. The Hall–Kier alpha value is -3.87. The maximum atomic E-state index is 13.8. The molecule has 1 N–H and O–H groups in total. The van der Waals surface area contributed by atoms with Crippen LogP contribution >= 0.6 is 11.6 Å². The van der Waals surface area contributed by atoms with Gasteiger partial charge in [-0.15, -0.1) is 0 Å². The number of alkyl halides is 6. The monoisotopic (exact) mass is 647 g/mol. The molecule has 1 aromatic carbocycles. The van der Waals surface area contributed by atoms with Crippen molar-refractivity contribution in [2.75, 3.05) is 6.54 Å². The summed E-state index contributed by atoms with van der Waals surface area (Å²) in [5.41, 5.74) is -4.59. The molecule has 0 bridgehead atoms. The first-order valence-electron chi connectivity index (χ1n) is 11.8. The number of hydrogen-bond acceptors (Lipinski definition) is 5. The Labute approximate surface area is 242 Å². The number of halogens is 11. The van der Waals surface area contributed by atoms with E-state index in [2.05, 4.69) is 4.98 Å². The fourth-order valence-corrected chi connectivity index (χ4v) is 4.01. The lowest BCUT2D eigenvalue weighted by molar-refractivity contribution is -0.147. The number of nitrogens with one attached hydrogen (secondary N) is 1. The predicted octanol–water partition coefficient (Wildman–Crippen LogP) is 6.91. The highest BCUT2D eigenvalue weighted by molar-refractivity contribution is 6.30. The van der Waals surface area contributed by atoms with E-state index in [1.165, 1.54) is 13.8 Å². The second-order valence-electron chi connectivity index (χ2n) is 9.56. The molecule has 0 radical (unpaired) electrons. The van der Waals surface area contributed by atoms with Crippen molar-refractivity contribution in [2.45, 2.75) is 39.7 Å². The summed E-state index contributed by atoms with van der Waals surface area (Å²) in [4.78, 5) is 26.8. The molecule has 17 heteroatoms. The van der Waals surface area contributed by atoms with Crippen LogP contribution in [0.1, 0.15) is 40.9 Å². The molecule has 1 aromatic heterocycles. The Balaban J connectivity index is 0.000000344. The van der Waals surface area contributed by atoms with E-state index in [1.807, 2.05) is 5.32 Å². The van der Waals surface area contributed by atoms with Crippen LogP contribution in [0.5, 0.6) is 0 Å². The molecule has 2 atom stereocenters. The van der Waals surface area contributed by atoms with Crippen molar-refractivity contribution >= 4 is 23.5 Å². The van der Waals surface area contributed by atoms with Gasteiger partial charge in [0.25, 0.3) is 5.91 Å². The van der Waals surface area contributed by atoms with Crippen LogP contribution in [0.3, 0.4) is 0 Å². The van der Waals surface area contributed by atoms with Crippen molar-refractivity contribution in [2.24, 2.45) is 17.3 Å². The first-order valence-corrected chi connectivity index (χ1v) is 12.1. The van der Waals surface area contributed by atoms with Crippen molar-refractivity contribution in [3.05, 3.63) is 75.1 Å². The molecule has 1 heterocycles. The van der Waals surface area contributed by atoms with Crippen LogP contribution < -0.4 is 5.32 Å². The largest absolute Gasteiger partial charge is 0.460 e. The number of esters is 1. The summed E-state index contributed by atoms with van der Waals surface area (Å²) >= 11 is 5.15. The number of aromatic nitrogens is 1. The van der Waals surface area contributed by atoms with Crippen LogP contribution in [0.25, 0.3) is 0 Å². The standard InChI is InChI=1S/C17H14ClF7O2.C9H6F3N3O/c1-6-11(19)13(21)7(14(22)12(6)20)5-27-15(26)10-8(16(10,2)3)4-9(18)17(23,24)25;10-9(11,12)7-1-3-14-5-6(7)8(16)15-4-2-13/h4,8,10H,5H2,1-3H3;1,3,5H,4H2,(H,15,16)/b9-4-;. The summed E-state index contributed by atoms with van der Waals surface area (Å²) in [5.74, 6) is -10.7. The molecule has 0 aliphatic heterocycles. The van der Waals surface area contributed by atoms with Gasteiger partial charge in [-0.2, -0.15) is 31.6 Å². The molecule has 1 amide bonds. The van der Waals surface area contributed by atoms with Crippen LogP contribution in [0.2, 0.25) is 0 Å². The highest BCUT2D eigenvalue weighted by atomic mass is 35.5. The van der Waals surface area contributed by atoms with Gasteiger partial charge in [-0.05, 0) is 24.3 Å². The molecule has 0 saturated heterocycles. The van der Waals surface area contributed by atoms with E-state index in [1.54, 1.807) is 6.07 Å². The SMILES string of the molecule is Cc1c(F)c(F)c(COC(=O)C2C(/C=C(\Cl)C(F)(F)F)C2(C)C)c(F)c1F.N#CCNC(=O)c1cnccc1C(F)(F)F. The molecule has 43 heavy (non-hydrogen) atoms. The summed E-state index contributed by atoms with van der Waals surface area (Å²) in [5, 5.41) is 8.80. The average Bonchev–Trinajstić information content (AvgIpc) is 3.47. The van der Waals surface area contributed by atoms with Crippen molar-refractivity contribution in [1.82, 2.24) is 10.3 Å². The maximum absolute atomic E-state index is 13.8. The highest BCUT2D eigenvalue weighted by Gasteiger charge is 2.62. The number of rotatable bonds is 6. The highest BCUT2D eigenvalue weighted by Crippen LogP contribution is 2.60. The summed E-state index contributed by atoms with van der Waals surface area (Å²) in [6.07, 6.45) is -6.97. The Morgan fingerprint density at radius 1 is 1.09 bits per heavy atom. The molecular weight excluding hydrogens is 628 g/mol. The average molecular weight is 648 g/mol. The minimum atomic E-state index is -4.78. The number of hydrogen-bond donors (Lipinski definition) is 1. The van der Waals surface area contributed by atoms with Gasteiger partial charge >= 0.3 is 18.3 Å². The van der Waals surface area contributed by atoms with Crippen LogP contribution in [-0.2, 0) is 22.3 Å². The van der Waals surface area contributed by atoms with E-state index < -0.39 is 98.6 Å². The topological polar surface area (TPSA) is 92.1 Å². The summed E-state index contributed by atoms with van der Waals surface area (Å²) in [6, 6.07) is 2.30. The van der Waals surface area contributed by atoms with Crippen molar-refractivity contribution in [1.29, 1.82) is 5.26 Å². The summed E-state index contributed by atoms with van der Waals surface area (Å²) in [6.45, 7) is 2.33. The number of benzene rings is 1. The number of nitrogens with zero attached hydrogens (tertiary/aromatic N) is 2. The smallest absolute Gasteiger partial charge is 0.426 e. The number of nitriles is 1. The molecule has 2 aromatic rings. The molecule has 1 saturated carbocycles. The Kier molecular flexibility index (Phi) is 10.8. The van der Waals surface area contributed by atoms with Crippen LogP contribution in [0.15, 0.2) is 29.6 Å². The van der Waals surface area contributed by atoms with Crippen LogP contribution in [0, 0.1) is 58.8 Å². The van der Waals surface area contributed by atoms with Gasteiger partial charge in [-0.3, -0.25) is 14.6 Å². The molecule has 234 valence electrons. The molecule has 2 unspecified atom stereocenters. The number of carbonyl (C=O) groups excluding carboxylic acids is 2. The third-order valence-electron chi connectivity index (χ3n) is 6.39. The lowest BCUT2D eigenvalue weighted by Crippen LogP contribution is -2.26. The van der Waals surface area contributed by atoms with Gasteiger partial charge in [0.1, 0.15) is 18.2 Å². The van der Waals surface area contributed by atoms with E-state index in [-0.39, 0.29) is 6.54 Å². The number of allylic oxidation sites excluding steroid dienone is 2. The predicted molar refractivity (Wildman–Crippen MR) is 129 cm³/mol. The van der Waals surface area contributed by atoms with Gasteiger partial charge in [0.15, 0.2) is 23.3 Å². The van der Waals surface area contributed by atoms with E-state index in [0.29, 0.717) is 12.1 Å². The second-order valence-corrected chi connectivity index (χ2v) is 9.97. The third-order valence-corrected chi connectivity index (χ3v) is 6.73. The molecule has 3 rings (SSSR count). The maximum Gasteiger partial charge on any atom is 0.426 e. The fraction of sp³-hybridized carbons (Fsp3) is 0.385. The van der Waals surface area contributed by atoms with Gasteiger partial charge in [-0.1, -0.05) is 31.5 Å². The van der Waals surface area contributed by atoms with Gasteiger partial charge in [0.2, 0.25) is 0 Å². The van der Waals surface area contributed by atoms with Crippen LogP contribution in [-0.4, -0.2) is 29.6 Å². The normalized spacial score (nSPS) is 17.7. The van der Waals surface area contributed by atoms with Crippen molar-refractivity contribution in [3.63, 3.8) is 0 Å². The Morgan fingerprint density at radius 2 is 1.65 bits per heavy atom. The van der Waals surface area contributed by atoms with Crippen molar-refractivity contribution in [3.8, 4) is 6.07 Å². The lowest BCUT2D eigenvalue weighted by Gasteiger charge is -2.10. The Morgan fingerprint density at radius 3 is 2.14 bits per heavy atom. The quantitative estimate of drug-likeness (QED) is 0.159. The molecule has 0 spiro atoms. The first-order chi connectivity index (χ1) is 19.7. The zero-order valence-electron chi connectivity index (χ0n) is 22.2. The molecule has 1 aliphatic rings. The van der Waals surface area contributed by atoms with E-state index >= 15 is 0 Å². The number of amides is 1. The lowest BCUT2D eigenvalue weighted by atomic mass is 10.1. The van der Waals surface area contributed by atoms with E-state index in [4.69, 9.17) is 21.6 Å². The van der Waals surface area contributed by atoms with Crippen LogP contribution in [0.4, 0.5) is 43.9 Å². The molecule has 6 nitrogen and oxygen atoms in total. The Bertz CT molecular complexity index is 1440.